The molecule has 0 spiro atoms. The number of aromatic nitrogens is 2. The minimum Gasteiger partial charge on any atom is -0.372 e. The molecule has 2 N–H and O–H groups in total. The Balaban J connectivity index is 2.44. The Morgan fingerprint density at radius 1 is 1.35 bits per heavy atom. The molecule has 0 amide bonds. The predicted octanol–water partition coefficient (Wildman–Crippen LogP) is 1.37. The van der Waals surface area contributed by atoms with Crippen LogP contribution in [0.4, 0.5) is 13.2 Å². The van der Waals surface area contributed by atoms with Gasteiger partial charge in [0, 0.05) is 18.7 Å². The van der Waals surface area contributed by atoms with Crippen molar-refractivity contribution in [1.29, 1.82) is 0 Å². The first-order valence-electron chi connectivity index (χ1n) is 5.08. The molecule has 0 radical (unpaired) electrons. The number of hydrogen-bond acceptors (Lipinski definition) is 4. The van der Waals surface area contributed by atoms with Gasteiger partial charge in [0.25, 0.3) is 0 Å². The van der Waals surface area contributed by atoms with Gasteiger partial charge in [-0.2, -0.15) is 13.2 Å². The topological polar surface area (TPSA) is 61.0 Å². The summed E-state index contributed by atoms with van der Waals surface area (Å²) in [5, 5.41) is 0. The molecule has 7 heteroatoms. The fourth-order valence-electron chi connectivity index (χ4n) is 1.27. The first kappa shape index (κ1) is 13.9. The van der Waals surface area contributed by atoms with Crippen LogP contribution in [-0.2, 0) is 17.7 Å². The minimum atomic E-state index is -4.30. The van der Waals surface area contributed by atoms with E-state index in [1.807, 2.05) is 0 Å². The Kier molecular flexibility index (Phi) is 4.83. The van der Waals surface area contributed by atoms with E-state index in [0.29, 0.717) is 11.5 Å². The largest absolute Gasteiger partial charge is 0.411 e. The molecule has 0 saturated heterocycles. The zero-order chi connectivity index (χ0) is 12.9. The van der Waals surface area contributed by atoms with E-state index in [1.54, 1.807) is 13.0 Å². The lowest BCUT2D eigenvalue weighted by Crippen LogP contribution is -2.18. The highest BCUT2D eigenvalue weighted by Gasteiger charge is 2.27. The molecule has 0 aromatic carbocycles. The summed E-state index contributed by atoms with van der Waals surface area (Å²) in [5.41, 5.74) is 6.84. The lowest BCUT2D eigenvalue weighted by atomic mass is 10.3. The van der Waals surface area contributed by atoms with Gasteiger partial charge in [0.05, 0.1) is 12.3 Å². The third-order valence-electron chi connectivity index (χ3n) is 1.90. The third kappa shape index (κ3) is 5.60. The van der Waals surface area contributed by atoms with E-state index in [2.05, 4.69) is 14.7 Å². The summed E-state index contributed by atoms with van der Waals surface area (Å²) in [7, 11) is 0. The standard InChI is InChI=1S/C10H14F3N3O/c1-7-4-8(5-14)16-9(15-7)2-3-17-6-10(11,12)13/h4H,2-3,5-6,14H2,1H3. The molecule has 1 rings (SSSR count). The van der Waals surface area contributed by atoms with Crippen molar-refractivity contribution in [2.75, 3.05) is 13.2 Å². The van der Waals surface area contributed by atoms with Gasteiger partial charge in [-0.1, -0.05) is 0 Å². The molecule has 4 nitrogen and oxygen atoms in total. The highest BCUT2D eigenvalue weighted by atomic mass is 19.4. The number of hydrogen-bond donors (Lipinski definition) is 1. The summed E-state index contributed by atoms with van der Waals surface area (Å²) < 4.78 is 39.9. The van der Waals surface area contributed by atoms with Gasteiger partial charge < -0.3 is 10.5 Å². The van der Waals surface area contributed by atoms with Gasteiger partial charge in [-0.3, -0.25) is 0 Å². The molecule has 1 aromatic heterocycles. The highest BCUT2D eigenvalue weighted by molar-refractivity contribution is 5.09. The molecule has 0 aliphatic carbocycles. The Hall–Kier alpha value is -1.21. The number of aryl methyl sites for hydroxylation is 1. The van der Waals surface area contributed by atoms with E-state index >= 15 is 0 Å². The average Bonchev–Trinajstić information content (AvgIpc) is 2.22. The number of nitrogens with two attached hydrogens (primary N) is 1. The predicted molar refractivity (Wildman–Crippen MR) is 55.2 cm³/mol. The molecule has 0 unspecified atom stereocenters. The van der Waals surface area contributed by atoms with Crippen molar-refractivity contribution in [3.8, 4) is 0 Å². The van der Waals surface area contributed by atoms with E-state index in [-0.39, 0.29) is 19.6 Å². The molecule has 1 heterocycles. The molecule has 0 bridgehead atoms. The van der Waals surface area contributed by atoms with Crippen LogP contribution >= 0.6 is 0 Å². The van der Waals surface area contributed by atoms with Crippen LogP contribution in [-0.4, -0.2) is 29.4 Å². The van der Waals surface area contributed by atoms with Gasteiger partial charge in [0.2, 0.25) is 0 Å². The average molecular weight is 249 g/mol. The lowest BCUT2D eigenvalue weighted by Gasteiger charge is -2.07. The summed E-state index contributed by atoms with van der Waals surface area (Å²) in [6, 6.07) is 1.74. The minimum absolute atomic E-state index is 0.0625. The second-order valence-corrected chi connectivity index (χ2v) is 3.54. The van der Waals surface area contributed by atoms with E-state index < -0.39 is 12.8 Å². The highest BCUT2D eigenvalue weighted by Crippen LogP contribution is 2.14. The van der Waals surface area contributed by atoms with Crippen LogP contribution in [0.15, 0.2) is 6.07 Å². The fraction of sp³-hybridized carbons (Fsp3) is 0.600. The second-order valence-electron chi connectivity index (χ2n) is 3.54. The number of halogens is 3. The first-order valence-corrected chi connectivity index (χ1v) is 5.08. The van der Waals surface area contributed by atoms with Gasteiger partial charge in [-0.05, 0) is 13.0 Å². The van der Waals surface area contributed by atoms with Crippen molar-refractivity contribution in [3.05, 3.63) is 23.3 Å². The summed E-state index contributed by atoms with van der Waals surface area (Å²) in [5.74, 6) is 0.452. The van der Waals surface area contributed by atoms with E-state index in [1.165, 1.54) is 0 Å². The SMILES string of the molecule is Cc1cc(CN)nc(CCOCC(F)(F)F)n1. The van der Waals surface area contributed by atoms with Crippen LogP contribution < -0.4 is 5.73 Å². The van der Waals surface area contributed by atoms with Crippen molar-refractivity contribution in [2.45, 2.75) is 26.1 Å². The van der Waals surface area contributed by atoms with Gasteiger partial charge >= 0.3 is 6.18 Å². The molecule has 1 aromatic rings. The van der Waals surface area contributed by atoms with Crippen molar-refractivity contribution >= 4 is 0 Å². The summed E-state index contributed by atoms with van der Waals surface area (Å²) in [6.07, 6.45) is -4.05. The van der Waals surface area contributed by atoms with Gasteiger partial charge in [-0.25, -0.2) is 9.97 Å². The van der Waals surface area contributed by atoms with Crippen molar-refractivity contribution in [2.24, 2.45) is 5.73 Å². The molecule has 96 valence electrons. The Bertz CT molecular complexity index is 368. The molecular formula is C10H14F3N3O. The van der Waals surface area contributed by atoms with Gasteiger partial charge in [0.15, 0.2) is 0 Å². The van der Waals surface area contributed by atoms with E-state index in [9.17, 15) is 13.2 Å². The fourth-order valence-corrected chi connectivity index (χ4v) is 1.27. The summed E-state index contributed by atoms with van der Waals surface area (Å²) in [6.45, 7) is 0.746. The zero-order valence-electron chi connectivity index (χ0n) is 9.42. The third-order valence-corrected chi connectivity index (χ3v) is 1.90. The number of ether oxygens (including phenoxy) is 1. The maximum atomic E-state index is 11.8. The molecule has 0 atom stereocenters. The summed E-state index contributed by atoms with van der Waals surface area (Å²) >= 11 is 0. The van der Waals surface area contributed by atoms with Crippen LogP contribution in [0.5, 0.6) is 0 Å². The number of alkyl halides is 3. The van der Waals surface area contributed by atoms with Crippen LogP contribution in [0.1, 0.15) is 17.2 Å². The van der Waals surface area contributed by atoms with Crippen LogP contribution in [0.2, 0.25) is 0 Å². The van der Waals surface area contributed by atoms with Crippen LogP contribution in [0, 0.1) is 6.92 Å². The molecule has 0 aliphatic rings. The molecule has 0 saturated carbocycles. The maximum Gasteiger partial charge on any atom is 0.411 e. The monoisotopic (exact) mass is 249 g/mol. The van der Waals surface area contributed by atoms with Gasteiger partial charge in [0.1, 0.15) is 12.4 Å². The zero-order valence-corrected chi connectivity index (χ0v) is 9.42. The Morgan fingerprint density at radius 2 is 2.06 bits per heavy atom. The normalized spacial score (nSPS) is 11.8. The van der Waals surface area contributed by atoms with Crippen LogP contribution in [0.25, 0.3) is 0 Å². The van der Waals surface area contributed by atoms with E-state index in [0.717, 1.165) is 5.69 Å². The number of nitrogens with zero attached hydrogens (tertiary/aromatic N) is 2. The smallest absolute Gasteiger partial charge is 0.372 e. The molecule has 0 fully saturated rings. The van der Waals surface area contributed by atoms with Crippen molar-refractivity contribution < 1.29 is 17.9 Å². The molecular weight excluding hydrogens is 235 g/mol. The van der Waals surface area contributed by atoms with Crippen LogP contribution in [0.3, 0.4) is 0 Å². The van der Waals surface area contributed by atoms with Gasteiger partial charge in [-0.15, -0.1) is 0 Å². The molecule has 0 aliphatic heterocycles. The quantitative estimate of drug-likeness (QED) is 0.800. The lowest BCUT2D eigenvalue weighted by molar-refractivity contribution is -0.173. The maximum absolute atomic E-state index is 11.8. The second kappa shape index (κ2) is 5.92. The van der Waals surface area contributed by atoms with Crippen molar-refractivity contribution in [1.82, 2.24) is 9.97 Å². The van der Waals surface area contributed by atoms with E-state index in [4.69, 9.17) is 5.73 Å². The summed E-state index contributed by atoms with van der Waals surface area (Å²) in [4.78, 5) is 8.18. The first-order chi connectivity index (χ1) is 7.90. The Labute approximate surface area is 97.0 Å². The Morgan fingerprint density at radius 3 is 2.65 bits per heavy atom. The van der Waals surface area contributed by atoms with Crippen molar-refractivity contribution in [3.63, 3.8) is 0 Å². The number of rotatable bonds is 5. The molecule has 17 heavy (non-hydrogen) atoms.